The molecule has 1 N–H and O–H groups in total. The van der Waals surface area contributed by atoms with E-state index in [9.17, 15) is 0 Å². The Bertz CT molecular complexity index is 282. The predicted octanol–water partition coefficient (Wildman–Crippen LogP) is 2.34. The molecule has 1 unspecified atom stereocenters. The summed E-state index contributed by atoms with van der Waals surface area (Å²) in [5, 5.41) is 3.24. The van der Waals surface area contributed by atoms with Crippen LogP contribution >= 0.6 is 11.3 Å². The van der Waals surface area contributed by atoms with Crippen LogP contribution < -0.4 is 5.32 Å². The number of hydrogen-bond acceptors (Lipinski definition) is 2. The zero-order chi connectivity index (χ0) is 8.97. The molecule has 1 nitrogen and oxygen atoms in total. The van der Waals surface area contributed by atoms with Gasteiger partial charge in [0.25, 0.3) is 0 Å². The molecule has 0 radical (unpaired) electrons. The maximum atomic E-state index is 5.39. The smallest absolute Gasteiger partial charge is 0.104 e. The van der Waals surface area contributed by atoms with E-state index in [1.54, 1.807) is 11.3 Å². The van der Waals surface area contributed by atoms with Crippen LogP contribution in [-0.2, 0) is 0 Å². The molecule has 1 aromatic rings. The highest BCUT2D eigenvalue weighted by molar-refractivity contribution is 7.12. The molecule has 0 aliphatic rings. The van der Waals surface area contributed by atoms with Crippen molar-refractivity contribution in [1.82, 2.24) is 5.32 Å². The van der Waals surface area contributed by atoms with Crippen LogP contribution in [0.2, 0.25) is 0 Å². The fourth-order valence-electron chi connectivity index (χ4n) is 1.05. The highest BCUT2D eigenvalue weighted by Gasteiger charge is 2.07. The van der Waals surface area contributed by atoms with Crippen LogP contribution in [-0.4, -0.2) is 6.54 Å². The molecule has 1 heterocycles. The Morgan fingerprint density at radius 2 is 2.42 bits per heavy atom. The van der Waals surface area contributed by atoms with Crippen LogP contribution in [0.15, 0.2) is 12.1 Å². The molecule has 0 fully saturated rings. The Balaban J connectivity index is 2.74. The molecule has 0 aromatic carbocycles. The van der Waals surface area contributed by atoms with Crippen molar-refractivity contribution in [2.45, 2.75) is 19.9 Å². The van der Waals surface area contributed by atoms with E-state index in [0.29, 0.717) is 0 Å². The van der Waals surface area contributed by atoms with Crippen molar-refractivity contribution < 1.29 is 0 Å². The fourth-order valence-corrected chi connectivity index (χ4v) is 1.97. The van der Waals surface area contributed by atoms with Crippen molar-refractivity contribution >= 4 is 11.3 Å². The maximum Gasteiger partial charge on any atom is 0.104 e. The second kappa shape index (κ2) is 4.30. The lowest BCUT2D eigenvalue weighted by atomic mass is 10.2. The monoisotopic (exact) mass is 179 g/mol. The van der Waals surface area contributed by atoms with Crippen LogP contribution in [0.25, 0.3) is 0 Å². The number of terminal acetylenes is 1. The Labute approximate surface area is 77.8 Å². The highest BCUT2D eigenvalue weighted by atomic mass is 32.1. The third kappa shape index (κ3) is 2.10. The lowest BCUT2D eigenvalue weighted by molar-refractivity contribution is 0.674. The molecule has 0 amide bonds. The minimum absolute atomic E-state index is 0.0914. The first-order valence-electron chi connectivity index (χ1n) is 4.03. The molecule has 0 aliphatic carbocycles. The van der Waals surface area contributed by atoms with E-state index in [4.69, 9.17) is 6.42 Å². The molecular formula is C10H13NS. The molecule has 0 saturated carbocycles. The van der Waals surface area contributed by atoms with Gasteiger partial charge in [-0.1, -0.05) is 12.8 Å². The van der Waals surface area contributed by atoms with Gasteiger partial charge >= 0.3 is 0 Å². The number of thiophene rings is 1. The first-order valence-corrected chi connectivity index (χ1v) is 4.85. The topological polar surface area (TPSA) is 12.0 Å². The summed E-state index contributed by atoms with van der Waals surface area (Å²) in [6.45, 7) is 5.06. The molecule has 0 saturated heterocycles. The molecule has 12 heavy (non-hydrogen) atoms. The number of rotatable bonds is 3. The second-order valence-electron chi connectivity index (χ2n) is 2.61. The summed E-state index contributed by atoms with van der Waals surface area (Å²) < 4.78 is 0. The summed E-state index contributed by atoms with van der Waals surface area (Å²) in [6, 6.07) is 4.28. The molecule has 0 spiro atoms. The molecule has 0 bridgehead atoms. The van der Waals surface area contributed by atoms with Gasteiger partial charge in [-0.25, -0.2) is 0 Å². The Kier molecular flexibility index (Phi) is 3.33. The molecule has 0 aliphatic heterocycles. The van der Waals surface area contributed by atoms with Crippen molar-refractivity contribution in [2.24, 2.45) is 0 Å². The van der Waals surface area contributed by atoms with Crippen molar-refractivity contribution in [3.8, 4) is 12.3 Å². The van der Waals surface area contributed by atoms with E-state index in [1.807, 2.05) is 0 Å². The van der Waals surface area contributed by atoms with Crippen LogP contribution in [0.4, 0.5) is 0 Å². The van der Waals surface area contributed by atoms with E-state index in [1.165, 1.54) is 9.75 Å². The zero-order valence-corrected chi connectivity index (χ0v) is 8.24. The minimum atomic E-state index is 0.0914. The quantitative estimate of drug-likeness (QED) is 0.702. The van der Waals surface area contributed by atoms with Gasteiger partial charge in [-0.2, -0.15) is 0 Å². The molecular weight excluding hydrogens is 166 g/mol. The molecule has 2 heteroatoms. The first kappa shape index (κ1) is 9.31. The van der Waals surface area contributed by atoms with Crippen molar-refractivity contribution in [2.75, 3.05) is 6.54 Å². The summed E-state index contributed by atoms with van der Waals surface area (Å²) in [7, 11) is 0. The van der Waals surface area contributed by atoms with E-state index >= 15 is 0 Å². The Hall–Kier alpha value is -0.780. The number of hydrogen-bond donors (Lipinski definition) is 1. The van der Waals surface area contributed by atoms with Gasteiger partial charge in [0.1, 0.15) is 6.04 Å². The molecule has 1 atom stereocenters. The van der Waals surface area contributed by atoms with Gasteiger partial charge in [0.2, 0.25) is 0 Å². The molecule has 64 valence electrons. The average molecular weight is 179 g/mol. The number of aryl methyl sites for hydroxylation is 1. The number of nitrogens with one attached hydrogen (secondary N) is 1. The standard InChI is InChI=1S/C10H13NS/c1-4-9(11-5-2)10-7-6-8(3)12-10/h1,6-7,9,11H,5H2,2-3H3. The van der Waals surface area contributed by atoms with E-state index < -0.39 is 0 Å². The maximum absolute atomic E-state index is 5.39. The van der Waals surface area contributed by atoms with Crippen LogP contribution in [0, 0.1) is 19.3 Å². The minimum Gasteiger partial charge on any atom is -0.300 e. The van der Waals surface area contributed by atoms with Crippen molar-refractivity contribution in [3.05, 3.63) is 21.9 Å². The van der Waals surface area contributed by atoms with Gasteiger partial charge in [-0.3, -0.25) is 5.32 Å². The Morgan fingerprint density at radius 3 is 2.83 bits per heavy atom. The van der Waals surface area contributed by atoms with Gasteiger partial charge in [0.05, 0.1) is 0 Å². The predicted molar refractivity (Wildman–Crippen MR) is 54.3 cm³/mol. The largest absolute Gasteiger partial charge is 0.300 e. The van der Waals surface area contributed by atoms with E-state index in [-0.39, 0.29) is 6.04 Å². The van der Waals surface area contributed by atoms with Gasteiger partial charge in [-0.15, -0.1) is 17.8 Å². The SMILES string of the molecule is C#CC(NCC)c1ccc(C)s1. The van der Waals surface area contributed by atoms with Crippen LogP contribution in [0.5, 0.6) is 0 Å². The summed E-state index contributed by atoms with van der Waals surface area (Å²) in [6.07, 6.45) is 5.39. The third-order valence-corrected chi connectivity index (χ3v) is 2.69. The lowest BCUT2D eigenvalue weighted by Crippen LogP contribution is -2.17. The van der Waals surface area contributed by atoms with E-state index in [2.05, 4.69) is 37.2 Å². The van der Waals surface area contributed by atoms with Gasteiger partial charge < -0.3 is 0 Å². The average Bonchev–Trinajstić information content (AvgIpc) is 2.47. The first-order chi connectivity index (χ1) is 5.77. The highest BCUT2D eigenvalue weighted by Crippen LogP contribution is 2.21. The second-order valence-corrected chi connectivity index (χ2v) is 3.93. The summed E-state index contributed by atoms with van der Waals surface area (Å²) in [5.74, 6) is 2.73. The van der Waals surface area contributed by atoms with Crippen molar-refractivity contribution in [1.29, 1.82) is 0 Å². The van der Waals surface area contributed by atoms with Gasteiger partial charge in [0, 0.05) is 9.75 Å². The fraction of sp³-hybridized carbons (Fsp3) is 0.400. The van der Waals surface area contributed by atoms with Crippen LogP contribution in [0.3, 0.4) is 0 Å². The molecule has 1 aromatic heterocycles. The Morgan fingerprint density at radius 1 is 1.67 bits per heavy atom. The normalized spacial score (nSPS) is 12.4. The summed E-state index contributed by atoms with van der Waals surface area (Å²) in [4.78, 5) is 2.54. The summed E-state index contributed by atoms with van der Waals surface area (Å²) in [5.41, 5.74) is 0. The summed E-state index contributed by atoms with van der Waals surface area (Å²) >= 11 is 1.76. The lowest BCUT2D eigenvalue weighted by Gasteiger charge is -2.07. The van der Waals surface area contributed by atoms with E-state index in [0.717, 1.165) is 6.54 Å². The van der Waals surface area contributed by atoms with Gasteiger partial charge in [-0.05, 0) is 25.6 Å². The zero-order valence-electron chi connectivity index (χ0n) is 7.42. The third-order valence-electron chi connectivity index (χ3n) is 1.62. The molecule has 1 rings (SSSR count). The van der Waals surface area contributed by atoms with Crippen molar-refractivity contribution in [3.63, 3.8) is 0 Å². The van der Waals surface area contributed by atoms with Crippen LogP contribution in [0.1, 0.15) is 22.7 Å². The van der Waals surface area contributed by atoms with Gasteiger partial charge in [0.15, 0.2) is 0 Å².